The van der Waals surface area contributed by atoms with Crippen molar-refractivity contribution in [1.29, 1.82) is 0 Å². The van der Waals surface area contributed by atoms with Crippen molar-refractivity contribution in [3.63, 3.8) is 0 Å². The number of carbonyl (C=O) groups excluding carboxylic acids is 1. The van der Waals surface area contributed by atoms with Crippen LogP contribution in [0.3, 0.4) is 0 Å². The summed E-state index contributed by atoms with van der Waals surface area (Å²) in [6, 6.07) is 0. The zero-order chi connectivity index (χ0) is 63.3. The van der Waals surface area contributed by atoms with Crippen molar-refractivity contribution in [2.75, 3.05) is 6.61 Å². The Labute approximate surface area is 513 Å². The van der Waals surface area contributed by atoms with Crippen LogP contribution in [0.5, 0.6) is 0 Å². The quantitative estimate of drug-likeness (QED) is 0.0414. The standard InChI is InChI=1S/C40H56O3.C40H56O/c1-29(17-13-19-31(3)21-23-36-33(5)25-34(41)26-38(36,6)7)15-11-12-16-30(2)18-14-20-32(4)22-24-37(43)40(10)28-35(42)27-39(40,8)9;1-33(2)18-12-21-36(5)24-15-27-37(6)25-13-22-34(3)19-10-11-20-35(4)23-14-26-38(7)28-16-29-39(8)30-17-31-40(9)32-41/h11-24,34-35,41-42H,25-28H2,1-10H3;10-11,13-16,18-20,22-29,31,41H,12,17,21,30,32H2,1-9H3/b12-11+,17-13+,18-14+,23-21+,24-22+,29-15+,30-16+,31-19+,32-20+;11-10+,22-13+,23-14+,27-15+,28-16+,34-19+,35-20+,36-24+,37-25+,38-26+,39-29+,40-31+/t34-,35+,40+;/m1./s1. The lowest BCUT2D eigenvalue weighted by atomic mass is 9.66. The highest BCUT2D eigenvalue weighted by Crippen LogP contribution is 2.53. The smallest absolute Gasteiger partial charge is 0.162 e. The maximum atomic E-state index is 12.9. The molecule has 0 aromatic carbocycles. The number of hydrogen-bond donors (Lipinski definition) is 3. The van der Waals surface area contributed by atoms with Crippen molar-refractivity contribution in [1.82, 2.24) is 0 Å². The van der Waals surface area contributed by atoms with Crippen molar-refractivity contribution in [3.8, 4) is 0 Å². The molecular formula is C80H112O4. The summed E-state index contributed by atoms with van der Waals surface area (Å²) in [4.78, 5) is 12.9. The highest BCUT2D eigenvalue weighted by molar-refractivity contribution is 5.96. The van der Waals surface area contributed by atoms with E-state index in [2.05, 4.69) is 263 Å². The molecule has 0 radical (unpaired) electrons. The summed E-state index contributed by atoms with van der Waals surface area (Å²) in [6.07, 6.45) is 73.2. The largest absolute Gasteiger partial charge is 0.393 e. The molecule has 0 aromatic heterocycles. The van der Waals surface area contributed by atoms with E-state index in [4.69, 9.17) is 5.11 Å². The highest BCUT2D eigenvalue weighted by atomic mass is 16.3. The van der Waals surface area contributed by atoms with Crippen molar-refractivity contribution >= 4 is 5.78 Å². The second-order valence-corrected chi connectivity index (χ2v) is 25.3. The van der Waals surface area contributed by atoms with E-state index in [1.807, 2.05) is 57.2 Å². The minimum atomic E-state index is -0.532. The van der Waals surface area contributed by atoms with E-state index in [9.17, 15) is 15.0 Å². The Bertz CT molecular complexity index is 2870. The number of ketones is 1. The Balaban J connectivity index is 0.000000841. The first-order chi connectivity index (χ1) is 39.5. The molecule has 0 aromatic rings. The van der Waals surface area contributed by atoms with Crippen LogP contribution in [0.1, 0.15) is 183 Å². The lowest BCUT2D eigenvalue weighted by Gasteiger charge is -2.35. The first-order valence-corrected chi connectivity index (χ1v) is 30.5. The fourth-order valence-corrected chi connectivity index (χ4v) is 9.63. The summed E-state index contributed by atoms with van der Waals surface area (Å²) in [5, 5.41) is 29.3. The van der Waals surface area contributed by atoms with Crippen LogP contribution in [0.15, 0.2) is 272 Å². The third-order valence-electron chi connectivity index (χ3n) is 15.3. The van der Waals surface area contributed by atoms with Crippen molar-refractivity contribution in [2.24, 2.45) is 16.2 Å². The van der Waals surface area contributed by atoms with E-state index in [0.717, 1.165) is 60.8 Å². The second-order valence-electron chi connectivity index (χ2n) is 25.3. The molecule has 3 atom stereocenters. The predicted octanol–water partition coefficient (Wildman–Crippen LogP) is 21.7. The van der Waals surface area contributed by atoms with Crippen LogP contribution in [-0.4, -0.2) is 39.9 Å². The average Bonchev–Trinajstić information content (AvgIpc) is 3.93. The molecule has 0 bridgehead atoms. The van der Waals surface area contributed by atoms with Crippen LogP contribution in [0.25, 0.3) is 0 Å². The molecule has 0 unspecified atom stereocenters. The fraction of sp³-hybridized carbons (Fsp3) is 0.412. The topological polar surface area (TPSA) is 77.8 Å². The van der Waals surface area contributed by atoms with Crippen molar-refractivity contribution in [2.45, 2.75) is 195 Å². The van der Waals surface area contributed by atoms with Gasteiger partial charge in [0, 0.05) is 5.41 Å². The molecule has 4 heteroatoms. The van der Waals surface area contributed by atoms with E-state index in [1.54, 1.807) is 6.08 Å². The molecule has 0 amide bonds. The van der Waals surface area contributed by atoms with Crippen molar-refractivity contribution < 1.29 is 20.1 Å². The first-order valence-electron chi connectivity index (χ1n) is 30.5. The van der Waals surface area contributed by atoms with E-state index in [-0.39, 0.29) is 29.3 Å². The van der Waals surface area contributed by atoms with Gasteiger partial charge in [-0.3, -0.25) is 4.79 Å². The Kier molecular flexibility index (Phi) is 36.7. The lowest BCUT2D eigenvalue weighted by Crippen LogP contribution is -2.36. The van der Waals surface area contributed by atoms with Gasteiger partial charge in [0.2, 0.25) is 0 Å². The van der Waals surface area contributed by atoms with E-state index < -0.39 is 11.5 Å². The third-order valence-corrected chi connectivity index (χ3v) is 15.3. The Morgan fingerprint density at radius 3 is 1.14 bits per heavy atom. The van der Waals surface area contributed by atoms with Gasteiger partial charge in [-0.2, -0.15) is 0 Å². The predicted molar refractivity (Wildman–Crippen MR) is 372 cm³/mol. The molecule has 1 fully saturated rings. The molecule has 3 N–H and O–H groups in total. The van der Waals surface area contributed by atoms with E-state index in [1.165, 1.54) is 55.7 Å². The normalized spacial score (nSPS) is 21.8. The van der Waals surface area contributed by atoms with Crippen LogP contribution >= 0.6 is 0 Å². The maximum absolute atomic E-state index is 12.9. The second kappa shape index (κ2) is 40.8. The molecule has 1 saturated carbocycles. The molecule has 4 nitrogen and oxygen atoms in total. The number of carbonyl (C=O) groups is 1. The fourth-order valence-electron chi connectivity index (χ4n) is 9.63. The van der Waals surface area contributed by atoms with Crippen LogP contribution in [0, 0.1) is 16.2 Å². The summed E-state index contributed by atoms with van der Waals surface area (Å²) >= 11 is 0. The molecule has 2 aliphatic rings. The van der Waals surface area contributed by atoms with E-state index in [0.29, 0.717) is 12.8 Å². The molecule has 84 heavy (non-hydrogen) atoms. The SMILES string of the molecule is CC(C)=CCC/C(C)=C/C=C/C(C)=C/C=C/C(C)=C/C=C/C=C(C)/C=C/C=C(C)/C=C/C=C(\C)CC/C=C(\C)CO.CC1=C(/C=C/C(C)=C/C=C/C(C)=C/C=C/C=C(C)/C=C/C=C(C)/C=C/C(=O)[C@]2(C)C[C@@H](O)CC2(C)C)C(C)(C)C[C@H](O)C1. The van der Waals surface area contributed by atoms with Gasteiger partial charge in [0.15, 0.2) is 5.78 Å². The molecule has 456 valence electrons. The lowest BCUT2D eigenvalue weighted by molar-refractivity contribution is -0.127. The molecule has 0 aliphatic heterocycles. The van der Waals surface area contributed by atoms with Gasteiger partial charge in [-0.15, -0.1) is 0 Å². The van der Waals surface area contributed by atoms with Crippen LogP contribution in [0.4, 0.5) is 0 Å². The van der Waals surface area contributed by atoms with Gasteiger partial charge in [0.25, 0.3) is 0 Å². The number of rotatable bonds is 28. The summed E-state index contributed by atoms with van der Waals surface area (Å²) in [5.74, 6) is 0.0853. The zero-order valence-electron chi connectivity index (χ0n) is 55.7. The van der Waals surface area contributed by atoms with Gasteiger partial charge in [-0.05, 0) is 171 Å². The minimum Gasteiger partial charge on any atom is -0.393 e. The van der Waals surface area contributed by atoms with Crippen molar-refractivity contribution in [3.05, 3.63) is 272 Å². The van der Waals surface area contributed by atoms with Gasteiger partial charge >= 0.3 is 0 Å². The zero-order valence-corrected chi connectivity index (χ0v) is 55.7. The Hall–Kier alpha value is -6.43. The Morgan fingerprint density at radius 2 is 0.786 bits per heavy atom. The number of allylic oxidation sites excluding steroid dienone is 44. The highest BCUT2D eigenvalue weighted by Gasteiger charge is 2.52. The number of hydrogen-bond acceptors (Lipinski definition) is 4. The first kappa shape index (κ1) is 75.6. The number of aliphatic hydroxyl groups is 3. The molecule has 2 aliphatic carbocycles. The molecule has 0 saturated heterocycles. The molecular weight excluding hydrogens is 1020 g/mol. The summed E-state index contributed by atoms with van der Waals surface area (Å²) in [5.41, 5.74) is 16.3. The average molecular weight is 1140 g/mol. The van der Waals surface area contributed by atoms with Gasteiger partial charge in [-0.25, -0.2) is 0 Å². The van der Waals surface area contributed by atoms with Crippen LogP contribution in [-0.2, 0) is 4.79 Å². The van der Waals surface area contributed by atoms with Gasteiger partial charge in [0.05, 0.1) is 18.8 Å². The van der Waals surface area contributed by atoms with Gasteiger partial charge in [-0.1, -0.05) is 295 Å². The summed E-state index contributed by atoms with van der Waals surface area (Å²) in [7, 11) is 0. The summed E-state index contributed by atoms with van der Waals surface area (Å²) in [6.45, 7) is 40.1. The van der Waals surface area contributed by atoms with Crippen LogP contribution < -0.4 is 0 Å². The summed E-state index contributed by atoms with van der Waals surface area (Å²) < 4.78 is 0. The molecule has 0 heterocycles. The molecule has 2 rings (SSSR count). The minimum absolute atomic E-state index is 0.00528. The molecule has 0 spiro atoms. The Morgan fingerprint density at radius 1 is 0.429 bits per heavy atom. The van der Waals surface area contributed by atoms with Gasteiger partial charge in [0.1, 0.15) is 0 Å². The monoisotopic (exact) mass is 1140 g/mol. The third kappa shape index (κ3) is 33.8. The van der Waals surface area contributed by atoms with Gasteiger partial charge < -0.3 is 15.3 Å². The maximum Gasteiger partial charge on any atom is 0.162 e. The van der Waals surface area contributed by atoms with Crippen LogP contribution in [0.2, 0.25) is 0 Å². The van der Waals surface area contributed by atoms with E-state index >= 15 is 0 Å². The number of aliphatic hydroxyl groups excluding tert-OH is 3.